The number of anilines is 1. The Labute approximate surface area is 91.7 Å². The number of rotatable bonds is 3. The third-order valence-electron chi connectivity index (χ3n) is 2.08. The van der Waals surface area contributed by atoms with Crippen LogP contribution >= 0.6 is 0 Å². The fourth-order valence-electron chi connectivity index (χ4n) is 1.21. The Hall–Kier alpha value is -1.70. The van der Waals surface area contributed by atoms with Gasteiger partial charge in [-0.25, -0.2) is 0 Å². The van der Waals surface area contributed by atoms with Crippen LogP contribution in [0.5, 0.6) is 0 Å². The van der Waals surface area contributed by atoms with Crippen molar-refractivity contribution in [2.24, 2.45) is 5.92 Å². The van der Waals surface area contributed by atoms with E-state index in [4.69, 9.17) is 5.26 Å². The van der Waals surface area contributed by atoms with Crippen LogP contribution in [-0.4, -0.2) is 12.7 Å². The molecule has 16 heavy (non-hydrogen) atoms. The molecular weight excluding hydrogens is 217 g/mol. The summed E-state index contributed by atoms with van der Waals surface area (Å²) in [5.74, 6) is -1.98. The van der Waals surface area contributed by atoms with E-state index in [-0.39, 0.29) is 0 Å². The van der Waals surface area contributed by atoms with E-state index in [9.17, 15) is 13.2 Å². The molecule has 1 rings (SSSR count). The largest absolute Gasteiger partial charge is 0.406 e. The van der Waals surface area contributed by atoms with Gasteiger partial charge in [0.25, 0.3) is 0 Å². The summed E-state index contributed by atoms with van der Waals surface area (Å²) < 4.78 is 36.7. The highest BCUT2D eigenvalue weighted by molar-refractivity contribution is 5.45. The van der Waals surface area contributed by atoms with Crippen molar-refractivity contribution in [3.63, 3.8) is 0 Å². The van der Waals surface area contributed by atoms with E-state index < -0.39 is 18.6 Å². The van der Waals surface area contributed by atoms with E-state index in [1.165, 1.54) is 6.07 Å². The van der Waals surface area contributed by atoms with Crippen LogP contribution in [0, 0.1) is 24.2 Å². The maximum atomic E-state index is 12.2. The van der Waals surface area contributed by atoms with Gasteiger partial charge in [-0.3, -0.25) is 0 Å². The minimum Gasteiger partial charge on any atom is -0.383 e. The maximum absolute atomic E-state index is 12.2. The molecule has 0 bridgehead atoms. The average Bonchev–Trinajstić information content (AvgIpc) is 2.16. The number of nitriles is 1. The smallest absolute Gasteiger partial charge is 0.383 e. The molecule has 0 heterocycles. The number of hydrogen-bond acceptors (Lipinski definition) is 2. The average molecular weight is 228 g/mol. The number of nitrogens with zero attached hydrogens (tertiary/aromatic N) is 1. The van der Waals surface area contributed by atoms with E-state index >= 15 is 0 Å². The van der Waals surface area contributed by atoms with Crippen LogP contribution in [0.3, 0.4) is 0 Å². The molecule has 5 heteroatoms. The predicted molar refractivity (Wildman–Crippen MR) is 54.8 cm³/mol. The van der Waals surface area contributed by atoms with Crippen molar-refractivity contribution in [1.29, 1.82) is 5.26 Å². The Kier molecular flexibility index (Phi) is 3.78. The predicted octanol–water partition coefficient (Wildman–Crippen LogP) is 3.11. The third kappa shape index (κ3) is 3.46. The molecule has 0 amide bonds. The molecule has 0 aromatic heterocycles. The zero-order chi connectivity index (χ0) is 12.2. The van der Waals surface area contributed by atoms with Crippen LogP contribution in [-0.2, 0) is 0 Å². The second kappa shape index (κ2) is 4.88. The third-order valence-corrected chi connectivity index (χ3v) is 2.08. The second-order valence-corrected chi connectivity index (χ2v) is 3.47. The van der Waals surface area contributed by atoms with Crippen LogP contribution in [0.25, 0.3) is 0 Å². The van der Waals surface area contributed by atoms with Gasteiger partial charge in [-0.2, -0.15) is 18.4 Å². The number of nitrogens with one attached hydrogen (secondary N) is 1. The summed E-state index contributed by atoms with van der Waals surface area (Å²) in [6.07, 6.45) is -4.48. The molecule has 0 aliphatic rings. The quantitative estimate of drug-likeness (QED) is 0.862. The SMILES string of the molecule is Cc1cccc(NCC(C#N)C(F)(F)F)c1. The summed E-state index contributed by atoms with van der Waals surface area (Å²) in [5.41, 5.74) is 1.54. The van der Waals surface area contributed by atoms with Crippen molar-refractivity contribution in [3.8, 4) is 6.07 Å². The Balaban J connectivity index is 2.61. The van der Waals surface area contributed by atoms with E-state index in [1.807, 2.05) is 13.0 Å². The van der Waals surface area contributed by atoms with Crippen LogP contribution in [0.4, 0.5) is 18.9 Å². The van der Waals surface area contributed by atoms with Gasteiger partial charge in [-0.1, -0.05) is 12.1 Å². The molecule has 0 aliphatic carbocycles. The van der Waals surface area contributed by atoms with Crippen molar-refractivity contribution >= 4 is 5.69 Å². The van der Waals surface area contributed by atoms with Crippen molar-refractivity contribution in [2.75, 3.05) is 11.9 Å². The highest BCUT2D eigenvalue weighted by atomic mass is 19.4. The van der Waals surface area contributed by atoms with Crippen LogP contribution in [0.15, 0.2) is 24.3 Å². The van der Waals surface area contributed by atoms with Crippen molar-refractivity contribution in [2.45, 2.75) is 13.1 Å². The van der Waals surface area contributed by atoms with Gasteiger partial charge in [0, 0.05) is 12.2 Å². The molecule has 1 atom stereocenters. The van der Waals surface area contributed by atoms with E-state index in [2.05, 4.69) is 5.32 Å². The van der Waals surface area contributed by atoms with Crippen LogP contribution < -0.4 is 5.32 Å². The highest BCUT2D eigenvalue weighted by Crippen LogP contribution is 2.25. The number of halogens is 3. The van der Waals surface area contributed by atoms with E-state index in [0.29, 0.717) is 5.69 Å². The van der Waals surface area contributed by atoms with Crippen molar-refractivity contribution < 1.29 is 13.2 Å². The van der Waals surface area contributed by atoms with Gasteiger partial charge in [0.15, 0.2) is 5.92 Å². The molecule has 2 nitrogen and oxygen atoms in total. The molecule has 1 aromatic rings. The first kappa shape index (κ1) is 12.4. The molecule has 0 saturated carbocycles. The molecule has 1 unspecified atom stereocenters. The van der Waals surface area contributed by atoms with Gasteiger partial charge < -0.3 is 5.32 Å². The summed E-state index contributed by atoms with van der Waals surface area (Å²) in [4.78, 5) is 0. The first-order chi connectivity index (χ1) is 7.43. The first-order valence-corrected chi connectivity index (χ1v) is 4.70. The molecule has 86 valence electrons. The molecule has 0 saturated heterocycles. The Morgan fingerprint density at radius 2 is 2.12 bits per heavy atom. The van der Waals surface area contributed by atoms with Gasteiger partial charge in [0.2, 0.25) is 0 Å². The lowest BCUT2D eigenvalue weighted by atomic mass is 10.1. The summed E-state index contributed by atoms with van der Waals surface area (Å²) in [6, 6.07) is 8.22. The van der Waals surface area contributed by atoms with Crippen LogP contribution in [0.1, 0.15) is 5.56 Å². The monoisotopic (exact) mass is 228 g/mol. The minimum absolute atomic E-state index is 0.427. The number of aryl methyl sites for hydroxylation is 1. The Morgan fingerprint density at radius 1 is 1.44 bits per heavy atom. The second-order valence-electron chi connectivity index (χ2n) is 3.47. The van der Waals surface area contributed by atoms with Crippen LogP contribution in [0.2, 0.25) is 0 Å². The van der Waals surface area contributed by atoms with Crippen molar-refractivity contribution in [1.82, 2.24) is 0 Å². The lowest BCUT2D eigenvalue weighted by Gasteiger charge is -2.14. The molecule has 1 aromatic carbocycles. The molecule has 0 spiro atoms. The Morgan fingerprint density at radius 3 is 2.62 bits per heavy atom. The van der Waals surface area contributed by atoms with Gasteiger partial charge in [0.05, 0.1) is 6.07 Å². The van der Waals surface area contributed by atoms with Crippen molar-refractivity contribution in [3.05, 3.63) is 29.8 Å². The molecule has 1 N–H and O–H groups in total. The van der Waals surface area contributed by atoms with E-state index in [1.54, 1.807) is 18.2 Å². The lowest BCUT2D eigenvalue weighted by Crippen LogP contribution is -2.28. The van der Waals surface area contributed by atoms with Gasteiger partial charge in [-0.15, -0.1) is 0 Å². The topological polar surface area (TPSA) is 35.8 Å². The lowest BCUT2D eigenvalue weighted by molar-refractivity contribution is -0.155. The van der Waals surface area contributed by atoms with Gasteiger partial charge in [-0.05, 0) is 24.6 Å². The summed E-state index contributed by atoms with van der Waals surface area (Å²) in [7, 11) is 0. The number of benzene rings is 1. The fourth-order valence-corrected chi connectivity index (χ4v) is 1.21. The zero-order valence-electron chi connectivity index (χ0n) is 8.67. The standard InChI is InChI=1S/C11H11F3N2/c1-8-3-2-4-10(5-8)16-7-9(6-15)11(12,13)14/h2-5,9,16H,7H2,1H3. The number of alkyl halides is 3. The zero-order valence-corrected chi connectivity index (χ0v) is 8.67. The summed E-state index contributed by atoms with van der Waals surface area (Å²) in [6.45, 7) is 1.42. The van der Waals surface area contributed by atoms with Gasteiger partial charge >= 0.3 is 6.18 Å². The minimum atomic E-state index is -4.48. The molecule has 0 fully saturated rings. The first-order valence-electron chi connectivity index (χ1n) is 4.70. The fraction of sp³-hybridized carbons (Fsp3) is 0.364. The summed E-state index contributed by atoms with van der Waals surface area (Å²) in [5, 5.41) is 11.0. The Bertz CT molecular complexity index is 393. The normalized spacial score (nSPS) is 12.9. The molecule has 0 aliphatic heterocycles. The van der Waals surface area contributed by atoms with Gasteiger partial charge in [0.1, 0.15) is 0 Å². The van der Waals surface area contributed by atoms with E-state index in [0.717, 1.165) is 5.56 Å². The maximum Gasteiger partial charge on any atom is 0.406 e. The number of hydrogen-bond donors (Lipinski definition) is 1. The summed E-state index contributed by atoms with van der Waals surface area (Å²) >= 11 is 0. The molecule has 0 radical (unpaired) electrons. The molecular formula is C11H11F3N2. The highest BCUT2D eigenvalue weighted by Gasteiger charge is 2.39.